The van der Waals surface area contributed by atoms with Crippen LogP contribution in [0.3, 0.4) is 0 Å². The third kappa shape index (κ3) is 1.46. The van der Waals surface area contributed by atoms with E-state index in [1.807, 2.05) is 0 Å². The van der Waals surface area contributed by atoms with Gasteiger partial charge in [0.15, 0.2) is 6.29 Å². The molecule has 54 valence electrons. The van der Waals surface area contributed by atoms with Gasteiger partial charge < -0.3 is 15.9 Å². The summed E-state index contributed by atoms with van der Waals surface area (Å²) in [7, 11) is 0. The van der Waals surface area contributed by atoms with Gasteiger partial charge >= 0.3 is 0 Å². The average molecular weight is 139 g/mol. The molecule has 4 N–H and O–H groups in total. The lowest BCUT2D eigenvalue weighted by atomic mass is 10.2. The van der Waals surface area contributed by atoms with Crippen molar-refractivity contribution in [2.24, 2.45) is 0 Å². The summed E-state index contributed by atoms with van der Waals surface area (Å²) in [5.41, 5.74) is 6.43. The fraction of sp³-hybridized carbons (Fsp3) is 0.143. The Kier molecular flexibility index (Phi) is 1.89. The van der Waals surface area contributed by atoms with Crippen LogP contribution in [-0.2, 0) is 0 Å². The fourth-order valence-corrected chi connectivity index (χ4v) is 0.668. The van der Waals surface area contributed by atoms with E-state index < -0.39 is 6.29 Å². The van der Waals surface area contributed by atoms with E-state index >= 15 is 0 Å². The van der Waals surface area contributed by atoms with E-state index in [1.165, 1.54) is 0 Å². The smallest absolute Gasteiger partial charge is 0.178 e. The molecule has 0 spiro atoms. The number of nitrogens with two attached hydrogens (primary N) is 1. The first kappa shape index (κ1) is 7.05. The third-order valence-corrected chi connectivity index (χ3v) is 1.23. The van der Waals surface area contributed by atoms with Gasteiger partial charge in [0.25, 0.3) is 0 Å². The molecule has 3 nitrogen and oxygen atoms in total. The van der Waals surface area contributed by atoms with Crippen LogP contribution in [0, 0.1) is 0 Å². The molecule has 0 fully saturated rings. The number of aliphatic hydroxyl groups is 2. The van der Waals surface area contributed by atoms with E-state index in [0.29, 0.717) is 11.3 Å². The zero-order chi connectivity index (χ0) is 7.56. The first-order valence-corrected chi connectivity index (χ1v) is 2.92. The zero-order valence-electron chi connectivity index (χ0n) is 5.36. The highest BCUT2D eigenvalue weighted by molar-refractivity contribution is 5.39. The summed E-state index contributed by atoms with van der Waals surface area (Å²) in [5.74, 6) is 0. The molecule has 0 atom stereocenters. The summed E-state index contributed by atoms with van der Waals surface area (Å²) in [6, 6.07) is 6.38. The van der Waals surface area contributed by atoms with Crippen LogP contribution in [0.15, 0.2) is 24.3 Å². The second-order valence-electron chi connectivity index (χ2n) is 2.04. The van der Waals surface area contributed by atoms with Gasteiger partial charge in [-0.15, -0.1) is 0 Å². The van der Waals surface area contributed by atoms with Crippen molar-refractivity contribution in [1.29, 1.82) is 0 Å². The van der Waals surface area contributed by atoms with Crippen LogP contribution in [-0.4, -0.2) is 10.2 Å². The van der Waals surface area contributed by atoms with Crippen LogP contribution < -0.4 is 5.73 Å². The van der Waals surface area contributed by atoms with E-state index in [-0.39, 0.29) is 0 Å². The third-order valence-electron chi connectivity index (χ3n) is 1.23. The van der Waals surface area contributed by atoms with Gasteiger partial charge in [-0.25, -0.2) is 0 Å². The van der Waals surface area contributed by atoms with Crippen LogP contribution in [0.1, 0.15) is 11.9 Å². The molecule has 0 aliphatic heterocycles. The van der Waals surface area contributed by atoms with Gasteiger partial charge in [0.1, 0.15) is 0 Å². The van der Waals surface area contributed by atoms with Gasteiger partial charge in [-0.1, -0.05) is 12.1 Å². The molecule has 0 aliphatic rings. The SMILES string of the molecule is Nc1ccc(C(O)O)cc1. The first-order chi connectivity index (χ1) is 4.70. The maximum Gasteiger partial charge on any atom is 0.178 e. The molecule has 1 rings (SSSR count). The Morgan fingerprint density at radius 2 is 1.60 bits per heavy atom. The number of benzene rings is 1. The standard InChI is InChI=1S/C7H9NO2/c8-6-3-1-5(2-4-6)7(9)10/h1-4,7,9-10H,8H2. The van der Waals surface area contributed by atoms with Crippen molar-refractivity contribution in [2.75, 3.05) is 5.73 Å². The monoisotopic (exact) mass is 139 g/mol. The lowest BCUT2D eigenvalue weighted by Gasteiger charge is -2.01. The fourth-order valence-electron chi connectivity index (χ4n) is 0.668. The minimum absolute atomic E-state index is 0.453. The molecule has 0 saturated heterocycles. The second kappa shape index (κ2) is 2.68. The Balaban J connectivity index is 2.89. The Labute approximate surface area is 58.7 Å². The predicted octanol–water partition coefficient (Wildman–Crippen LogP) is 0.252. The Bertz CT molecular complexity index is 205. The number of hydrogen-bond donors (Lipinski definition) is 3. The molecule has 0 saturated carbocycles. The molecule has 0 bridgehead atoms. The van der Waals surface area contributed by atoms with Crippen LogP contribution >= 0.6 is 0 Å². The first-order valence-electron chi connectivity index (χ1n) is 2.92. The van der Waals surface area contributed by atoms with Gasteiger partial charge in [-0.2, -0.15) is 0 Å². The van der Waals surface area contributed by atoms with E-state index in [4.69, 9.17) is 15.9 Å². The van der Waals surface area contributed by atoms with Crippen molar-refractivity contribution in [3.63, 3.8) is 0 Å². The number of anilines is 1. The number of aliphatic hydroxyl groups excluding tert-OH is 1. The zero-order valence-corrected chi connectivity index (χ0v) is 5.36. The van der Waals surface area contributed by atoms with Gasteiger partial charge in [-0.3, -0.25) is 0 Å². The molecule has 0 amide bonds. The van der Waals surface area contributed by atoms with Gasteiger partial charge in [-0.05, 0) is 12.1 Å². The van der Waals surface area contributed by atoms with E-state index in [2.05, 4.69) is 0 Å². The Hall–Kier alpha value is -1.06. The van der Waals surface area contributed by atoms with E-state index in [0.717, 1.165) is 0 Å². The van der Waals surface area contributed by atoms with Crippen molar-refractivity contribution in [1.82, 2.24) is 0 Å². The van der Waals surface area contributed by atoms with Crippen LogP contribution in [0.5, 0.6) is 0 Å². The summed E-state index contributed by atoms with van der Waals surface area (Å²) in [6.45, 7) is 0. The Morgan fingerprint density at radius 3 is 2.00 bits per heavy atom. The number of hydrogen-bond acceptors (Lipinski definition) is 3. The maximum atomic E-state index is 8.63. The normalized spacial score (nSPS) is 10.3. The molecule has 0 aliphatic carbocycles. The molecule has 0 heterocycles. The minimum Gasteiger partial charge on any atom is -0.399 e. The van der Waals surface area contributed by atoms with Crippen molar-refractivity contribution in [3.05, 3.63) is 29.8 Å². The molecule has 0 radical (unpaired) electrons. The topological polar surface area (TPSA) is 66.5 Å². The Morgan fingerprint density at radius 1 is 1.10 bits per heavy atom. The maximum absolute atomic E-state index is 8.63. The quantitative estimate of drug-likeness (QED) is 0.386. The summed E-state index contributed by atoms with van der Waals surface area (Å²) >= 11 is 0. The number of rotatable bonds is 1. The summed E-state index contributed by atoms with van der Waals surface area (Å²) in [6.07, 6.45) is -1.40. The van der Waals surface area contributed by atoms with Crippen molar-refractivity contribution >= 4 is 5.69 Å². The van der Waals surface area contributed by atoms with Gasteiger partial charge in [0, 0.05) is 11.3 Å². The van der Waals surface area contributed by atoms with Crippen molar-refractivity contribution < 1.29 is 10.2 Å². The van der Waals surface area contributed by atoms with Crippen molar-refractivity contribution in [2.45, 2.75) is 6.29 Å². The lowest BCUT2D eigenvalue weighted by Crippen LogP contribution is -1.94. The lowest BCUT2D eigenvalue weighted by molar-refractivity contribution is -0.0424. The molecular formula is C7H9NO2. The molecule has 3 heteroatoms. The highest BCUT2D eigenvalue weighted by Gasteiger charge is 1.99. The molecule has 1 aromatic rings. The largest absolute Gasteiger partial charge is 0.399 e. The minimum atomic E-state index is -1.40. The van der Waals surface area contributed by atoms with Gasteiger partial charge in [0.05, 0.1) is 0 Å². The van der Waals surface area contributed by atoms with Crippen LogP contribution in [0.2, 0.25) is 0 Å². The number of nitrogen functional groups attached to an aromatic ring is 1. The summed E-state index contributed by atoms with van der Waals surface area (Å²) in [4.78, 5) is 0. The molecule has 0 aromatic heterocycles. The molecular weight excluding hydrogens is 130 g/mol. The molecule has 0 unspecified atom stereocenters. The summed E-state index contributed by atoms with van der Waals surface area (Å²) < 4.78 is 0. The molecule has 1 aromatic carbocycles. The van der Waals surface area contributed by atoms with Crippen LogP contribution in [0.4, 0.5) is 5.69 Å². The van der Waals surface area contributed by atoms with E-state index in [9.17, 15) is 0 Å². The highest BCUT2D eigenvalue weighted by atomic mass is 16.5. The predicted molar refractivity (Wildman–Crippen MR) is 38.0 cm³/mol. The second-order valence-corrected chi connectivity index (χ2v) is 2.04. The summed E-state index contributed by atoms with van der Waals surface area (Å²) in [5, 5.41) is 17.3. The van der Waals surface area contributed by atoms with Crippen LogP contribution in [0.25, 0.3) is 0 Å². The van der Waals surface area contributed by atoms with Crippen molar-refractivity contribution in [3.8, 4) is 0 Å². The van der Waals surface area contributed by atoms with Gasteiger partial charge in [0.2, 0.25) is 0 Å². The van der Waals surface area contributed by atoms with E-state index in [1.54, 1.807) is 24.3 Å². The highest BCUT2D eigenvalue weighted by Crippen LogP contribution is 2.11. The average Bonchev–Trinajstić information content (AvgIpc) is 1.88. The molecule has 10 heavy (non-hydrogen) atoms.